The first-order valence-corrected chi connectivity index (χ1v) is 9.92. The number of nitrogens with one attached hydrogen (secondary N) is 2. The Morgan fingerprint density at radius 3 is 1.34 bits per heavy atom. The van der Waals surface area contributed by atoms with E-state index >= 15 is 0 Å². The maximum Gasteiger partial charge on any atom is 0.150 e. The van der Waals surface area contributed by atoms with E-state index in [-0.39, 0.29) is 0 Å². The minimum atomic E-state index is 0.881. The summed E-state index contributed by atoms with van der Waals surface area (Å²) in [6.45, 7) is 0. The van der Waals surface area contributed by atoms with Crippen LogP contribution in [0.3, 0.4) is 0 Å². The summed E-state index contributed by atoms with van der Waals surface area (Å²) in [6.07, 6.45) is 2.25. The standard InChI is InChI=1S/C14H13N.C12H9NO/c1-3-7-13-11(5-1)9-10-12-6-2-4-8-14(12)15-13;1-3-7-11-9(5-1)13-10-6-2-4-8-12(10)14-11/h1-8,15H,9-10H2;1-8,13H. The van der Waals surface area contributed by atoms with Crippen LogP contribution in [0.2, 0.25) is 0 Å². The van der Waals surface area contributed by atoms with Crippen LogP contribution in [0.5, 0.6) is 11.5 Å². The molecule has 2 N–H and O–H groups in total. The van der Waals surface area contributed by atoms with Crippen LogP contribution in [0.15, 0.2) is 97.1 Å². The molecular weight excluding hydrogens is 356 g/mol. The van der Waals surface area contributed by atoms with Crippen molar-refractivity contribution in [2.75, 3.05) is 10.6 Å². The highest BCUT2D eigenvalue weighted by molar-refractivity contribution is 5.75. The predicted octanol–water partition coefficient (Wildman–Crippen LogP) is 7.06. The molecule has 0 spiro atoms. The minimum Gasteiger partial charge on any atom is -0.453 e. The third-order valence-electron chi connectivity index (χ3n) is 5.23. The minimum absolute atomic E-state index is 0.881. The molecule has 2 aliphatic heterocycles. The van der Waals surface area contributed by atoms with Crippen molar-refractivity contribution in [1.29, 1.82) is 0 Å². The normalized spacial score (nSPS) is 12.7. The Morgan fingerprint density at radius 2 is 0.828 bits per heavy atom. The molecule has 0 amide bonds. The zero-order valence-electron chi connectivity index (χ0n) is 16.1. The molecule has 0 atom stereocenters. The van der Waals surface area contributed by atoms with Gasteiger partial charge in [0.1, 0.15) is 0 Å². The number of anilines is 4. The van der Waals surface area contributed by atoms with E-state index in [1.807, 2.05) is 48.5 Å². The van der Waals surface area contributed by atoms with Gasteiger partial charge in [0.2, 0.25) is 0 Å². The van der Waals surface area contributed by atoms with Crippen molar-refractivity contribution < 1.29 is 4.74 Å². The molecule has 4 aromatic carbocycles. The molecule has 142 valence electrons. The molecule has 29 heavy (non-hydrogen) atoms. The average molecular weight is 378 g/mol. The number of aryl methyl sites for hydroxylation is 2. The summed E-state index contributed by atoms with van der Waals surface area (Å²) in [4.78, 5) is 0. The second-order valence-electron chi connectivity index (χ2n) is 7.16. The lowest BCUT2D eigenvalue weighted by atomic mass is 10.0. The van der Waals surface area contributed by atoms with Crippen LogP contribution in [0.1, 0.15) is 11.1 Å². The van der Waals surface area contributed by atoms with Gasteiger partial charge in [0.05, 0.1) is 11.4 Å². The maximum absolute atomic E-state index is 5.71. The average Bonchev–Trinajstić information content (AvgIpc) is 2.97. The van der Waals surface area contributed by atoms with Gasteiger partial charge >= 0.3 is 0 Å². The summed E-state index contributed by atoms with van der Waals surface area (Å²) < 4.78 is 5.71. The van der Waals surface area contributed by atoms with E-state index in [1.54, 1.807) is 0 Å². The van der Waals surface area contributed by atoms with E-state index in [9.17, 15) is 0 Å². The second kappa shape index (κ2) is 7.72. The van der Waals surface area contributed by atoms with Gasteiger partial charge in [-0.25, -0.2) is 0 Å². The van der Waals surface area contributed by atoms with Crippen LogP contribution >= 0.6 is 0 Å². The summed E-state index contributed by atoms with van der Waals surface area (Å²) in [5.74, 6) is 1.76. The Morgan fingerprint density at radius 1 is 0.448 bits per heavy atom. The summed E-state index contributed by atoms with van der Waals surface area (Å²) >= 11 is 0. The first kappa shape index (κ1) is 17.4. The van der Waals surface area contributed by atoms with Gasteiger partial charge in [-0.05, 0) is 60.4 Å². The van der Waals surface area contributed by atoms with Crippen molar-refractivity contribution in [2.45, 2.75) is 12.8 Å². The van der Waals surface area contributed by atoms with Crippen LogP contribution < -0.4 is 15.4 Å². The van der Waals surface area contributed by atoms with E-state index in [2.05, 4.69) is 59.2 Å². The number of hydrogen-bond acceptors (Lipinski definition) is 3. The molecule has 6 rings (SSSR count). The van der Waals surface area contributed by atoms with Gasteiger partial charge in [-0.15, -0.1) is 0 Å². The van der Waals surface area contributed by atoms with Crippen LogP contribution in [0.25, 0.3) is 0 Å². The fourth-order valence-electron chi connectivity index (χ4n) is 3.72. The van der Waals surface area contributed by atoms with E-state index in [0.717, 1.165) is 35.7 Å². The topological polar surface area (TPSA) is 33.3 Å². The van der Waals surface area contributed by atoms with E-state index < -0.39 is 0 Å². The molecule has 2 heterocycles. The predicted molar refractivity (Wildman–Crippen MR) is 120 cm³/mol. The number of rotatable bonds is 0. The summed E-state index contributed by atoms with van der Waals surface area (Å²) in [5.41, 5.74) is 7.37. The molecule has 2 aliphatic rings. The Hall–Kier alpha value is -3.72. The van der Waals surface area contributed by atoms with Crippen molar-refractivity contribution in [3.05, 3.63) is 108 Å². The molecule has 4 aromatic rings. The van der Waals surface area contributed by atoms with Gasteiger partial charge in [-0.2, -0.15) is 0 Å². The van der Waals surface area contributed by atoms with Crippen LogP contribution in [0, 0.1) is 0 Å². The Labute approximate surface area is 171 Å². The number of para-hydroxylation sites is 6. The van der Waals surface area contributed by atoms with Crippen molar-refractivity contribution >= 4 is 22.7 Å². The zero-order valence-corrected chi connectivity index (χ0v) is 16.1. The molecule has 0 bridgehead atoms. The quantitative estimate of drug-likeness (QED) is 0.302. The fraction of sp³-hybridized carbons (Fsp3) is 0.0769. The maximum atomic E-state index is 5.71. The molecule has 3 heteroatoms. The molecule has 0 fully saturated rings. The highest BCUT2D eigenvalue weighted by Gasteiger charge is 2.14. The highest BCUT2D eigenvalue weighted by Crippen LogP contribution is 2.41. The Balaban J connectivity index is 0.000000125. The molecule has 0 unspecified atom stereocenters. The molecule has 0 aliphatic carbocycles. The molecular formula is C26H22N2O. The highest BCUT2D eigenvalue weighted by atomic mass is 16.5. The third kappa shape index (κ3) is 3.67. The lowest BCUT2D eigenvalue weighted by Gasteiger charge is -2.20. The number of fused-ring (bicyclic) bond motifs is 4. The van der Waals surface area contributed by atoms with Crippen molar-refractivity contribution in [3.63, 3.8) is 0 Å². The molecule has 0 radical (unpaired) electrons. The van der Waals surface area contributed by atoms with Crippen LogP contribution in [-0.2, 0) is 12.8 Å². The second-order valence-corrected chi connectivity index (χ2v) is 7.16. The molecule has 3 nitrogen and oxygen atoms in total. The monoisotopic (exact) mass is 378 g/mol. The third-order valence-corrected chi connectivity index (χ3v) is 5.23. The zero-order chi connectivity index (χ0) is 19.5. The van der Waals surface area contributed by atoms with Gasteiger partial charge in [0, 0.05) is 11.4 Å². The van der Waals surface area contributed by atoms with Gasteiger partial charge in [0.15, 0.2) is 11.5 Å². The molecule has 0 aromatic heterocycles. The number of benzene rings is 4. The SMILES string of the molecule is c1ccc2c(c1)CCc1ccccc1N2.c1ccc2c(c1)Nc1ccccc1O2. The largest absolute Gasteiger partial charge is 0.453 e. The molecule has 0 saturated carbocycles. The Kier molecular flexibility index (Phi) is 4.63. The fourth-order valence-corrected chi connectivity index (χ4v) is 3.72. The van der Waals surface area contributed by atoms with Crippen molar-refractivity contribution in [3.8, 4) is 11.5 Å². The first-order chi connectivity index (χ1) is 14.4. The van der Waals surface area contributed by atoms with Gasteiger partial charge in [-0.3, -0.25) is 0 Å². The summed E-state index contributed by atoms with van der Waals surface area (Å²) in [7, 11) is 0. The summed E-state index contributed by atoms with van der Waals surface area (Å²) in [5, 5.41) is 6.82. The van der Waals surface area contributed by atoms with Crippen LogP contribution in [-0.4, -0.2) is 0 Å². The van der Waals surface area contributed by atoms with Gasteiger partial charge in [0.25, 0.3) is 0 Å². The van der Waals surface area contributed by atoms with Crippen molar-refractivity contribution in [2.24, 2.45) is 0 Å². The lowest BCUT2D eigenvalue weighted by molar-refractivity contribution is 0.481. The number of ether oxygens (including phenoxy) is 1. The lowest BCUT2D eigenvalue weighted by Crippen LogP contribution is -2.01. The van der Waals surface area contributed by atoms with E-state index in [0.29, 0.717) is 0 Å². The smallest absolute Gasteiger partial charge is 0.150 e. The van der Waals surface area contributed by atoms with Crippen LogP contribution in [0.4, 0.5) is 22.7 Å². The van der Waals surface area contributed by atoms with Crippen molar-refractivity contribution in [1.82, 2.24) is 0 Å². The van der Waals surface area contributed by atoms with Gasteiger partial charge in [-0.1, -0.05) is 60.7 Å². The Bertz CT molecular complexity index is 1020. The number of hydrogen-bond donors (Lipinski definition) is 2. The summed E-state index contributed by atoms with van der Waals surface area (Å²) in [6, 6.07) is 32.9. The van der Waals surface area contributed by atoms with E-state index in [1.165, 1.54) is 22.5 Å². The van der Waals surface area contributed by atoms with Gasteiger partial charge < -0.3 is 15.4 Å². The first-order valence-electron chi connectivity index (χ1n) is 9.92. The molecule has 0 saturated heterocycles. The van der Waals surface area contributed by atoms with E-state index in [4.69, 9.17) is 4.74 Å².